The van der Waals surface area contributed by atoms with E-state index < -0.39 is 45.9 Å². The van der Waals surface area contributed by atoms with Crippen LogP contribution in [-0.2, 0) is 33.4 Å². The predicted molar refractivity (Wildman–Crippen MR) is 49.0 cm³/mol. The van der Waals surface area contributed by atoms with Crippen molar-refractivity contribution in [3.8, 4) is 0 Å². The van der Waals surface area contributed by atoms with E-state index in [0.29, 0.717) is 0 Å². The van der Waals surface area contributed by atoms with Gasteiger partial charge in [-0.15, -0.1) is 0 Å². The molecule has 0 aliphatic carbocycles. The maximum atomic E-state index is 10.8. The molecule has 0 aromatic heterocycles. The fraction of sp³-hybridized carbons (Fsp3) is 1.00. The van der Waals surface area contributed by atoms with E-state index in [1.165, 1.54) is 13.8 Å². The molecule has 0 heterocycles. The Bertz CT molecular complexity index is 322. The van der Waals surface area contributed by atoms with E-state index in [1.807, 2.05) is 0 Å². The van der Waals surface area contributed by atoms with Gasteiger partial charge in [0.2, 0.25) is 0 Å². The summed E-state index contributed by atoms with van der Waals surface area (Å²) in [5, 5.41) is 0. The third kappa shape index (κ3) is 8.47. The molecule has 0 aromatic rings. The first-order chi connectivity index (χ1) is 6.83. The van der Waals surface area contributed by atoms with Gasteiger partial charge in [0.05, 0.1) is 0 Å². The van der Waals surface area contributed by atoms with Gasteiger partial charge in [-0.2, -0.15) is 0 Å². The van der Waals surface area contributed by atoms with E-state index in [0.717, 1.165) is 0 Å². The van der Waals surface area contributed by atoms with Crippen LogP contribution in [0.2, 0.25) is 0 Å². The van der Waals surface area contributed by atoms with Gasteiger partial charge in [-0.05, 0) is 0 Å². The van der Waals surface area contributed by atoms with Crippen LogP contribution in [0.3, 0.4) is 0 Å². The zero-order valence-corrected chi connectivity index (χ0v) is 13.5. The van der Waals surface area contributed by atoms with Crippen LogP contribution < -0.4 is 0 Å². The van der Waals surface area contributed by atoms with E-state index in [2.05, 4.69) is 12.6 Å². The zero-order chi connectivity index (χ0) is 11.9. The maximum absolute atomic E-state index is 10.8. The molecule has 0 unspecified atom stereocenters. The third-order valence-electron chi connectivity index (χ3n) is 0.797. The molecule has 0 aromatic carbocycles. The average Bonchev–Trinajstić information content (AvgIpc) is 2.02. The molecule has 0 saturated carbocycles. The van der Waals surface area contributed by atoms with E-state index >= 15 is 0 Å². The van der Waals surface area contributed by atoms with Gasteiger partial charge in [-0.1, -0.05) is 0 Å². The molecule has 11 heteroatoms. The van der Waals surface area contributed by atoms with Crippen molar-refractivity contribution in [1.29, 1.82) is 0 Å². The normalized spacial score (nSPS) is 12.9. The zero-order valence-electron chi connectivity index (χ0n) is 8.00. The first-order valence-electron chi connectivity index (χ1n) is 3.73. The van der Waals surface area contributed by atoms with Crippen LogP contribution in [0.15, 0.2) is 0 Å². The van der Waals surface area contributed by atoms with Gasteiger partial charge in [-0.3, -0.25) is 0 Å². The van der Waals surface area contributed by atoms with Crippen LogP contribution in [0.25, 0.3) is 0 Å². The molecule has 0 atom stereocenters. The minimum atomic E-state index is -4.13. The van der Waals surface area contributed by atoms with Crippen LogP contribution in [0.1, 0.15) is 13.8 Å². The Hall–Kier alpha value is 0.662. The fourth-order valence-corrected chi connectivity index (χ4v) is 5.42. The summed E-state index contributed by atoms with van der Waals surface area (Å²) in [6.07, 6.45) is 0. The Labute approximate surface area is 102 Å². The molecule has 8 nitrogen and oxygen atoms in total. The Kier molecular flexibility index (Phi) is 7.39. The Morgan fingerprint density at radius 3 is 1.47 bits per heavy atom. The molecule has 0 fully saturated rings. The van der Waals surface area contributed by atoms with Crippen LogP contribution in [-0.4, -0.2) is 55.2 Å². The molecule has 0 rings (SSSR count). The third-order valence-corrected chi connectivity index (χ3v) is 8.74. The second-order valence-corrected chi connectivity index (χ2v) is 8.85. The molecule has 90 valence electrons. The van der Waals surface area contributed by atoms with Crippen LogP contribution >= 0.6 is 0 Å². The first-order valence-corrected chi connectivity index (χ1v) is 9.57. The quantitative estimate of drug-likeness (QED) is 0.433. The van der Waals surface area contributed by atoms with Gasteiger partial charge in [0.15, 0.2) is 0 Å². The van der Waals surface area contributed by atoms with Gasteiger partial charge in [0.1, 0.15) is 0 Å². The van der Waals surface area contributed by atoms with Crippen molar-refractivity contribution in [3.63, 3.8) is 0 Å². The molecule has 0 saturated heterocycles. The molecular weight excluding hydrogens is 447 g/mol. The molecule has 0 amide bonds. The molecule has 2 radical (unpaired) electrons. The topological polar surface area (TPSA) is 105 Å². The predicted octanol–water partition coefficient (Wildman–Crippen LogP) is -0.884. The van der Waals surface area contributed by atoms with Gasteiger partial charge in [0, 0.05) is 0 Å². The van der Waals surface area contributed by atoms with E-state index in [9.17, 15) is 16.8 Å². The molecule has 0 aliphatic rings. The standard InChI is InChI=1S/2C2H6O4S.Pb/c2*1-2-6-7(3,4)5;/h2*2H2,1H3,(H,3,4,5);/q;;+2/p-2. The van der Waals surface area contributed by atoms with Crippen LogP contribution in [0.4, 0.5) is 0 Å². The summed E-state index contributed by atoms with van der Waals surface area (Å²) < 4.78 is 59.9. The molecule has 0 aliphatic heterocycles. The summed E-state index contributed by atoms with van der Waals surface area (Å²) in [6.45, 7) is 2.72. The molecule has 0 bridgehead atoms. The van der Waals surface area contributed by atoms with Crippen molar-refractivity contribution < 1.29 is 29.5 Å². The van der Waals surface area contributed by atoms with Gasteiger partial charge >= 0.3 is 102 Å². The second-order valence-electron chi connectivity index (χ2n) is 1.88. The van der Waals surface area contributed by atoms with Crippen LogP contribution in [0, 0.1) is 0 Å². The van der Waals surface area contributed by atoms with Crippen LogP contribution in [0.5, 0.6) is 0 Å². The van der Waals surface area contributed by atoms with Crippen molar-refractivity contribution in [2.24, 2.45) is 0 Å². The number of rotatable bonds is 8. The monoisotopic (exact) mass is 458 g/mol. The van der Waals surface area contributed by atoms with Crippen molar-refractivity contribution in [2.75, 3.05) is 13.2 Å². The van der Waals surface area contributed by atoms with E-state index in [1.54, 1.807) is 0 Å². The Morgan fingerprint density at radius 2 is 1.20 bits per heavy atom. The first kappa shape index (κ1) is 15.7. The van der Waals surface area contributed by atoms with Crippen molar-refractivity contribution in [2.45, 2.75) is 13.8 Å². The van der Waals surface area contributed by atoms with Gasteiger partial charge in [0.25, 0.3) is 0 Å². The summed E-state index contributed by atoms with van der Waals surface area (Å²) >= 11 is -2.76. The van der Waals surface area contributed by atoms with Gasteiger partial charge < -0.3 is 0 Å². The average molecular weight is 457 g/mol. The van der Waals surface area contributed by atoms with Crippen molar-refractivity contribution in [1.82, 2.24) is 0 Å². The summed E-state index contributed by atoms with van der Waals surface area (Å²) in [5.41, 5.74) is 0. The Morgan fingerprint density at radius 1 is 0.867 bits per heavy atom. The summed E-state index contributed by atoms with van der Waals surface area (Å²) in [5.74, 6) is 0. The molecule has 0 spiro atoms. The fourth-order valence-electron chi connectivity index (χ4n) is 0.434. The summed E-state index contributed by atoms with van der Waals surface area (Å²) in [4.78, 5) is 0. The Balaban J connectivity index is 4.00. The van der Waals surface area contributed by atoms with E-state index in [-0.39, 0.29) is 13.2 Å². The minimum absolute atomic E-state index is 0.0933. The number of hydrogen-bond acceptors (Lipinski definition) is 8. The van der Waals surface area contributed by atoms with E-state index in [4.69, 9.17) is 0 Å². The molecule has 0 N–H and O–H groups in total. The summed E-state index contributed by atoms with van der Waals surface area (Å²) in [6, 6.07) is 0. The SMILES string of the molecule is CCOS(=O)(=O)[O][Pb][O]S(=O)(=O)OCC. The van der Waals surface area contributed by atoms with Crippen molar-refractivity contribution >= 4 is 45.9 Å². The molecular formula is C4H10O8PbS2. The summed E-state index contributed by atoms with van der Waals surface area (Å²) in [7, 11) is -8.26. The molecule has 15 heavy (non-hydrogen) atoms. The van der Waals surface area contributed by atoms with Crippen molar-refractivity contribution in [3.05, 3.63) is 0 Å². The number of hydrogen-bond donors (Lipinski definition) is 0. The second kappa shape index (κ2) is 7.08. The van der Waals surface area contributed by atoms with Gasteiger partial charge in [-0.25, -0.2) is 0 Å².